The zero-order valence-electron chi connectivity index (χ0n) is 11.4. The van der Waals surface area contributed by atoms with Crippen LogP contribution in [0.5, 0.6) is 0 Å². The number of likely N-dealkylation sites (tertiary alicyclic amines) is 1. The smallest absolute Gasteiger partial charge is 0.0232 e. The van der Waals surface area contributed by atoms with Gasteiger partial charge in [-0.3, -0.25) is 0 Å². The van der Waals surface area contributed by atoms with E-state index in [9.17, 15) is 0 Å². The van der Waals surface area contributed by atoms with Gasteiger partial charge in [-0.05, 0) is 42.9 Å². The lowest BCUT2D eigenvalue weighted by Gasteiger charge is -2.32. The molecule has 0 spiro atoms. The average molecular weight is 233 g/mol. The molecule has 0 aromatic heterocycles. The molecule has 2 atom stereocenters. The minimum atomic E-state index is 0.623. The number of hydrogen-bond donors (Lipinski definition) is 0. The first kappa shape index (κ1) is 11.6. The molecule has 3 aliphatic rings. The first-order valence-electron chi connectivity index (χ1n) is 7.63. The molecule has 0 aromatic rings. The van der Waals surface area contributed by atoms with E-state index in [1.165, 1.54) is 70.2 Å². The van der Waals surface area contributed by atoms with Crippen LogP contribution in [0.4, 0.5) is 0 Å². The number of allylic oxidation sites excluding steroid dienone is 1. The lowest BCUT2D eigenvalue weighted by atomic mass is 9.83. The monoisotopic (exact) mass is 233 g/mol. The van der Waals surface area contributed by atoms with Crippen LogP contribution in [0.25, 0.3) is 0 Å². The summed E-state index contributed by atoms with van der Waals surface area (Å²) in [6.45, 7) is 9.57. The molecule has 96 valence electrons. The van der Waals surface area contributed by atoms with Crippen molar-refractivity contribution in [2.45, 2.75) is 58.3 Å². The minimum absolute atomic E-state index is 0.623. The van der Waals surface area contributed by atoms with Crippen molar-refractivity contribution < 1.29 is 0 Å². The Morgan fingerprint density at radius 1 is 1.12 bits per heavy atom. The first-order chi connectivity index (χ1) is 8.19. The molecule has 1 nitrogen and oxygen atoms in total. The average Bonchev–Trinajstić information content (AvgIpc) is 2.84. The van der Waals surface area contributed by atoms with Gasteiger partial charge in [-0.2, -0.15) is 0 Å². The van der Waals surface area contributed by atoms with Crippen LogP contribution in [-0.2, 0) is 0 Å². The molecule has 3 rings (SSSR count). The van der Waals surface area contributed by atoms with Crippen LogP contribution in [0.15, 0.2) is 12.3 Å². The first-order valence-corrected chi connectivity index (χ1v) is 7.63. The second-order valence-electron chi connectivity index (χ2n) is 6.95. The molecule has 1 unspecified atom stereocenters. The molecule has 0 aromatic carbocycles. The molecule has 0 radical (unpaired) electrons. The number of fused-ring (bicyclic) bond motifs is 1. The van der Waals surface area contributed by atoms with E-state index in [-0.39, 0.29) is 0 Å². The van der Waals surface area contributed by atoms with E-state index in [2.05, 4.69) is 18.4 Å². The van der Waals surface area contributed by atoms with E-state index in [1.807, 2.05) is 0 Å². The Morgan fingerprint density at radius 2 is 1.88 bits per heavy atom. The molecule has 1 saturated heterocycles. The molecule has 1 aliphatic heterocycles. The molecular weight excluding hydrogens is 206 g/mol. The Kier molecular flexibility index (Phi) is 2.96. The highest BCUT2D eigenvalue weighted by Gasteiger charge is 2.46. The molecule has 0 N–H and O–H groups in total. The second kappa shape index (κ2) is 4.33. The molecule has 3 fully saturated rings. The zero-order chi connectivity index (χ0) is 11.9. The van der Waals surface area contributed by atoms with E-state index < -0.39 is 0 Å². The van der Waals surface area contributed by atoms with Gasteiger partial charge in [-0.1, -0.05) is 39.2 Å². The Morgan fingerprint density at radius 3 is 2.59 bits per heavy atom. The molecule has 2 saturated carbocycles. The Bertz CT molecular complexity index is 303. The summed E-state index contributed by atoms with van der Waals surface area (Å²) in [6.07, 6.45) is 11.5. The quantitative estimate of drug-likeness (QED) is 0.691. The maximum atomic E-state index is 4.44. The molecule has 1 heterocycles. The van der Waals surface area contributed by atoms with Crippen molar-refractivity contribution in [1.29, 1.82) is 0 Å². The zero-order valence-corrected chi connectivity index (χ0v) is 11.4. The maximum absolute atomic E-state index is 4.44. The van der Waals surface area contributed by atoms with Gasteiger partial charge < -0.3 is 4.90 Å². The fourth-order valence-corrected chi connectivity index (χ4v) is 4.50. The number of hydrogen-bond acceptors (Lipinski definition) is 1. The lowest BCUT2D eigenvalue weighted by molar-refractivity contribution is 0.264. The molecular formula is C16H27N. The SMILES string of the molecule is C=C(C1CCCCC1)N1CC2CCC[C@]2(C)C1. The molecule has 1 heteroatoms. The molecule has 17 heavy (non-hydrogen) atoms. The van der Waals surface area contributed by atoms with Crippen molar-refractivity contribution in [2.75, 3.05) is 13.1 Å². The molecule has 0 bridgehead atoms. The fraction of sp³-hybridized carbons (Fsp3) is 0.875. The van der Waals surface area contributed by atoms with Crippen molar-refractivity contribution >= 4 is 0 Å². The van der Waals surface area contributed by atoms with Crippen molar-refractivity contribution in [1.82, 2.24) is 4.90 Å². The summed E-state index contributed by atoms with van der Waals surface area (Å²) in [6, 6.07) is 0. The predicted molar refractivity (Wildman–Crippen MR) is 72.7 cm³/mol. The maximum Gasteiger partial charge on any atom is 0.0232 e. The Labute approximate surface area is 106 Å². The van der Waals surface area contributed by atoms with Gasteiger partial charge in [0.1, 0.15) is 0 Å². The van der Waals surface area contributed by atoms with Crippen LogP contribution in [0.2, 0.25) is 0 Å². The molecule has 0 amide bonds. The number of nitrogens with zero attached hydrogens (tertiary/aromatic N) is 1. The van der Waals surface area contributed by atoms with E-state index in [0.717, 1.165) is 11.8 Å². The highest BCUT2D eigenvalue weighted by Crippen LogP contribution is 2.50. The van der Waals surface area contributed by atoms with Gasteiger partial charge in [-0.15, -0.1) is 0 Å². The van der Waals surface area contributed by atoms with Crippen LogP contribution < -0.4 is 0 Å². The van der Waals surface area contributed by atoms with Crippen LogP contribution in [0, 0.1) is 17.3 Å². The summed E-state index contributed by atoms with van der Waals surface area (Å²) in [5.74, 6) is 1.77. The van der Waals surface area contributed by atoms with Gasteiger partial charge in [0.2, 0.25) is 0 Å². The lowest BCUT2D eigenvalue weighted by Crippen LogP contribution is -2.28. The van der Waals surface area contributed by atoms with Gasteiger partial charge in [-0.25, -0.2) is 0 Å². The summed E-state index contributed by atoms with van der Waals surface area (Å²) in [5.41, 5.74) is 2.11. The van der Waals surface area contributed by atoms with Crippen molar-refractivity contribution in [2.24, 2.45) is 17.3 Å². The van der Waals surface area contributed by atoms with Crippen molar-refractivity contribution in [3.8, 4) is 0 Å². The van der Waals surface area contributed by atoms with Crippen LogP contribution in [0.3, 0.4) is 0 Å². The largest absolute Gasteiger partial charge is 0.374 e. The Balaban J connectivity index is 1.64. The van der Waals surface area contributed by atoms with Crippen LogP contribution in [0.1, 0.15) is 58.3 Å². The summed E-state index contributed by atoms with van der Waals surface area (Å²) >= 11 is 0. The predicted octanol–water partition coefficient (Wildman–Crippen LogP) is 4.20. The van der Waals surface area contributed by atoms with E-state index in [0.29, 0.717) is 5.41 Å². The van der Waals surface area contributed by atoms with Crippen LogP contribution >= 0.6 is 0 Å². The Hall–Kier alpha value is -0.460. The molecule has 2 aliphatic carbocycles. The highest BCUT2D eigenvalue weighted by atomic mass is 15.2. The van der Waals surface area contributed by atoms with Gasteiger partial charge in [0.25, 0.3) is 0 Å². The van der Waals surface area contributed by atoms with Gasteiger partial charge >= 0.3 is 0 Å². The van der Waals surface area contributed by atoms with Crippen LogP contribution in [-0.4, -0.2) is 18.0 Å². The minimum Gasteiger partial charge on any atom is -0.374 e. The van der Waals surface area contributed by atoms with Crippen molar-refractivity contribution in [3.05, 3.63) is 12.3 Å². The summed E-state index contributed by atoms with van der Waals surface area (Å²) in [5, 5.41) is 0. The summed E-state index contributed by atoms with van der Waals surface area (Å²) in [4.78, 5) is 2.65. The second-order valence-corrected chi connectivity index (χ2v) is 6.95. The normalized spacial score (nSPS) is 38.4. The van der Waals surface area contributed by atoms with E-state index in [4.69, 9.17) is 0 Å². The van der Waals surface area contributed by atoms with Gasteiger partial charge in [0, 0.05) is 18.8 Å². The fourth-order valence-electron chi connectivity index (χ4n) is 4.50. The van der Waals surface area contributed by atoms with E-state index in [1.54, 1.807) is 0 Å². The van der Waals surface area contributed by atoms with E-state index >= 15 is 0 Å². The van der Waals surface area contributed by atoms with Gasteiger partial charge in [0.15, 0.2) is 0 Å². The standard InChI is InChI=1S/C16H27N/c1-13(14-7-4-3-5-8-14)17-11-15-9-6-10-16(15,2)12-17/h14-15H,1,3-12H2,2H3/t15?,16-/m1/s1. The van der Waals surface area contributed by atoms with Gasteiger partial charge in [0.05, 0.1) is 0 Å². The third-order valence-corrected chi connectivity index (χ3v) is 5.76. The summed E-state index contributed by atoms with van der Waals surface area (Å²) < 4.78 is 0. The summed E-state index contributed by atoms with van der Waals surface area (Å²) in [7, 11) is 0. The highest BCUT2D eigenvalue weighted by molar-refractivity contribution is 5.09. The third-order valence-electron chi connectivity index (χ3n) is 5.76. The topological polar surface area (TPSA) is 3.24 Å². The van der Waals surface area contributed by atoms with Crippen molar-refractivity contribution in [3.63, 3.8) is 0 Å². The third kappa shape index (κ3) is 2.02. The number of rotatable bonds is 2.